The summed E-state index contributed by atoms with van der Waals surface area (Å²) in [5.74, 6) is 0.427. The van der Waals surface area contributed by atoms with Gasteiger partial charge in [0.05, 0.1) is 7.11 Å². The molecule has 0 spiro atoms. The highest BCUT2D eigenvalue weighted by Crippen LogP contribution is 2.25. The average Bonchev–Trinajstić information content (AvgIpc) is 2.83. The summed E-state index contributed by atoms with van der Waals surface area (Å²) in [4.78, 5) is 13.9. The Bertz CT molecular complexity index is 627. The van der Waals surface area contributed by atoms with Crippen molar-refractivity contribution in [3.8, 4) is 5.75 Å². The van der Waals surface area contributed by atoms with Crippen LogP contribution < -0.4 is 9.88 Å². The molecule has 0 aromatic heterocycles. The Balaban J connectivity index is 2.36. The molecule has 2 N–H and O–H groups in total. The standard InChI is InChI=1S/C13H18N2O4S/c1-9-5-6-15(8-9)13(16)10-3-4-11(19-2)12(7-10)20(14,17)18/h3-4,7,9H,5-6,8H2,1-2H3,(H2,14,17,18). The lowest BCUT2D eigenvalue weighted by Crippen LogP contribution is -2.28. The molecule has 2 rings (SSSR count). The highest BCUT2D eigenvalue weighted by Gasteiger charge is 2.26. The van der Waals surface area contributed by atoms with Crippen molar-refractivity contribution >= 4 is 15.9 Å². The molecule has 1 amide bonds. The summed E-state index contributed by atoms with van der Waals surface area (Å²) in [6, 6.07) is 4.28. The van der Waals surface area contributed by atoms with Gasteiger partial charge in [0.1, 0.15) is 10.6 Å². The van der Waals surface area contributed by atoms with Crippen LogP contribution in [-0.2, 0) is 10.0 Å². The summed E-state index contributed by atoms with van der Waals surface area (Å²) in [6.45, 7) is 3.46. The van der Waals surface area contributed by atoms with Gasteiger partial charge in [-0.05, 0) is 30.5 Å². The van der Waals surface area contributed by atoms with Crippen LogP contribution in [-0.4, -0.2) is 39.4 Å². The fraction of sp³-hybridized carbons (Fsp3) is 0.462. The highest BCUT2D eigenvalue weighted by atomic mass is 32.2. The predicted molar refractivity (Wildman–Crippen MR) is 74.1 cm³/mol. The maximum absolute atomic E-state index is 12.3. The van der Waals surface area contributed by atoms with Gasteiger partial charge in [-0.2, -0.15) is 0 Å². The molecular weight excluding hydrogens is 280 g/mol. The van der Waals surface area contributed by atoms with Gasteiger partial charge >= 0.3 is 0 Å². The SMILES string of the molecule is COc1ccc(C(=O)N2CCC(C)C2)cc1S(N)(=O)=O. The van der Waals surface area contributed by atoms with E-state index in [1.54, 1.807) is 11.0 Å². The number of hydrogen-bond donors (Lipinski definition) is 1. The maximum atomic E-state index is 12.3. The van der Waals surface area contributed by atoms with Crippen molar-refractivity contribution in [1.29, 1.82) is 0 Å². The van der Waals surface area contributed by atoms with Crippen LogP contribution in [0.1, 0.15) is 23.7 Å². The van der Waals surface area contributed by atoms with E-state index in [1.807, 2.05) is 0 Å². The molecule has 1 aromatic carbocycles. The molecule has 110 valence electrons. The van der Waals surface area contributed by atoms with E-state index in [4.69, 9.17) is 9.88 Å². The van der Waals surface area contributed by atoms with E-state index in [-0.39, 0.29) is 16.6 Å². The van der Waals surface area contributed by atoms with Crippen LogP contribution in [0.2, 0.25) is 0 Å². The number of likely N-dealkylation sites (tertiary alicyclic amines) is 1. The van der Waals surface area contributed by atoms with Gasteiger partial charge in [-0.1, -0.05) is 6.92 Å². The first kappa shape index (κ1) is 14.8. The Labute approximate surface area is 118 Å². The maximum Gasteiger partial charge on any atom is 0.253 e. The Morgan fingerprint density at radius 1 is 1.45 bits per heavy atom. The molecule has 0 saturated carbocycles. The Kier molecular flexibility index (Phi) is 4.01. The number of sulfonamides is 1. The van der Waals surface area contributed by atoms with Gasteiger partial charge in [0.25, 0.3) is 5.91 Å². The first-order chi connectivity index (χ1) is 9.32. The number of methoxy groups -OCH3 is 1. The first-order valence-corrected chi connectivity index (χ1v) is 7.87. The Hall–Kier alpha value is -1.60. The molecule has 1 aliphatic rings. The number of carbonyl (C=O) groups excluding carboxylic acids is 1. The minimum atomic E-state index is -3.93. The minimum Gasteiger partial charge on any atom is -0.495 e. The largest absolute Gasteiger partial charge is 0.495 e. The van der Waals surface area contributed by atoms with E-state index < -0.39 is 10.0 Å². The fourth-order valence-corrected chi connectivity index (χ4v) is 3.06. The summed E-state index contributed by atoms with van der Waals surface area (Å²) >= 11 is 0. The number of hydrogen-bond acceptors (Lipinski definition) is 4. The summed E-state index contributed by atoms with van der Waals surface area (Å²) in [7, 11) is -2.58. The molecule has 6 nitrogen and oxygen atoms in total. The molecule has 0 aliphatic carbocycles. The van der Waals surface area contributed by atoms with Crippen molar-refractivity contribution in [2.45, 2.75) is 18.2 Å². The van der Waals surface area contributed by atoms with Gasteiger partial charge in [-0.15, -0.1) is 0 Å². The van der Waals surface area contributed by atoms with Gasteiger partial charge in [0.2, 0.25) is 10.0 Å². The lowest BCUT2D eigenvalue weighted by molar-refractivity contribution is 0.0788. The number of amides is 1. The number of primary sulfonamides is 1. The zero-order valence-corrected chi connectivity index (χ0v) is 12.3. The monoisotopic (exact) mass is 298 g/mol. The first-order valence-electron chi connectivity index (χ1n) is 6.33. The van der Waals surface area contributed by atoms with Crippen LogP contribution >= 0.6 is 0 Å². The van der Waals surface area contributed by atoms with Crippen molar-refractivity contribution in [2.75, 3.05) is 20.2 Å². The van der Waals surface area contributed by atoms with Gasteiger partial charge in [-0.25, -0.2) is 13.6 Å². The average molecular weight is 298 g/mol. The van der Waals surface area contributed by atoms with Crippen molar-refractivity contribution < 1.29 is 17.9 Å². The number of carbonyl (C=O) groups is 1. The topological polar surface area (TPSA) is 89.7 Å². The van der Waals surface area contributed by atoms with Crippen LogP contribution in [0, 0.1) is 5.92 Å². The van der Waals surface area contributed by atoms with Crippen LogP contribution in [0.4, 0.5) is 0 Å². The zero-order chi connectivity index (χ0) is 14.9. The van der Waals surface area contributed by atoms with Gasteiger partial charge in [-0.3, -0.25) is 4.79 Å². The number of ether oxygens (including phenoxy) is 1. The molecule has 1 unspecified atom stereocenters. The molecule has 0 bridgehead atoms. The number of rotatable bonds is 3. The molecule has 20 heavy (non-hydrogen) atoms. The van der Waals surface area contributed by atoms with Crippen LogP contribution in [0.15, 0.2) is 23.1 Å². The zero-order valence-electron chi connectivity index (χ0n) is 11.5. The van der Waals surface area contributed by atoms with E-state index in [0.717, 1.165) is 6.42 Å². The van der Waals surface area contributed by atoms with Gasteiger partial charge < -0.3 is 9.64 Å². The molecule has 1 aliphatic heterocycles. The van der Waals surface area contributed by atoms with Crippen molar-refractivity contribution in [3.63, 3.8) is 0 Å². The minimum absolute atomic E-state index is 0.138. The molecule has 1 fully saturated rings. The fourth-order valence-electron chi connectivity index (χ4n) is 2.33. The second-order valence-corrected chi connectivity index (χ2v) is 6.59. The van der Waals surface area contributed by atoms with E-state index in [1.165, 1.54) is 19.2 Å². The molecular formula is C13H18N2O4S. The van der Waals surface area contributed by atoms with E-state index in [0.29, 0.717) is 24.6 Å². The second kappa shape index (κ2) is 5.41. The highest BCUT2D eigenvalue weighted by molar-refractivity contribution is 7.89. The summed E-state index contributed by atoms with van der Waals surface area (Å²) < 4.78 is 28.0. The summed E-state index contributed by atoms with van der Waals surface area (Å²) in [6.07, 6.45) is 0.962. The third kappa shape index (κ3) is 2.94. The molecule has 7 heteroatoms. The third-order valence-corrected chi connectivity index (χ3v) is 4.36. The van der Waals surface area contributed by atoms with E-state index in [2.05, 4.69) is 6.92 Å². The second-order valence-electron chi connectivity index (χ2n) is 5.06. The van der Waals surface area contributed by atoms with Crippen molar-refractivity contribution in [1.82, 2.24) is 4.90 Å². The molecule has 1 atom stereocenters. The number of benzene rings is 1. The third-order valence-electron chi connectivity index (χ3n) is 3.43. The smallest absolute Gasteiger partial charge is 0.253 e. The molecule has 1 saturated heterocycles. The summed E-state index contributed by atoms with van der Waals surface area (Å²) in [5.41, 5.74) is 0.309. The lowest BCUT2D eigenvalue weighted by atomic mass is 10.1. The number of nitrogens with zero attached hydrogens (tertiary/aromatic N) is 1. The van der Waals surface area contributed by atoms with Crippen LogP contribution in [0.3, 0.4) is 0 Å². The van der Waals surface area contributed by atoms with Crippen molar-refractivity contribution in [2.24, 2.45) is 11.1 Å². The predicted octanol–water partition coefficient (Wildman–Crippen LogP) is 0.825. The van der Waals surface area contributed by atoms with Gasteiger partial charge in [0.15, 0.2) is 0 Å². The van der Waals surface area contributed by atoms with Crippen LogP contribution in [0.5, 0.6) is 5.75 Å². The Morgan fingerprint density at radius 2 is 2.15 bits per heavy atom. The molecule has 1 heterocycles. The lowest BCUT2D eigenvalue weighted by Gasteiger charge is -2.17. The number of nitrogens with two attached hydrogens (primary N) is 1. The van der Waals surface area contributed by atoms with E-state index >= 15 is 0 Å². The normalized spacial score (nSPS) is 19.1. The quantitative estimate of drug-likeness (QED) is 0.894. The summed E-state index contributed by atoms with van der Waals surface area (Å²) in [5, 5.41) is 5.15. The Morgan fingerprint density at radius 3 is 2.65 bits per heavy atom. The van der Waals surface area contributed by atoms with E-state index in [9.17, 15) is 13.2 Å². The van der Waals surface area contributed by atoms with Crippen LogP contribution in [0.25, 0.3) is 0 Å². The van der Waals surface area contributed by atoms with Gasteiger partial charge in [0, 0.05) is 18.7 Å². The molecule has 0 radical (unpaired) electrons. The molecule has 1 aromatic rings. The van der Waals surface area contributed by atoms with Crippen molar-refractivity contribution in [3.05, 3.63) is 23.8 Å².